The molecule has 2 aromatic carbocycles. The van der Waals surface area contributed by atoms with Crippen molar-refractivity contribution in [3.05, 3.63) is 73.8 Å². The van der Waals surface area contributed by atoms with E-state index in [9.17, 15) is 30.1 Å². The topological polar surface area (TPSA) is 145 Å². The van der Waals surface area contributed by atoms with Crippen LogP contribution in [0.25, 0.3) is 0 Å². The molecular weight excluding hydrogens is 382 g/mol. The maximum absolute atomic E-state index is 11.7. The van der Waals surface area contributed by atoms with Gasteiger partial charge in [0.05, 0.1) is 28.1 Å². The molecule has 1 aliphatic rings. The molecular formula is C19H19N3O7. The second-order valence-corrected chi connectivity index (χ2v) is 6.62. The van der Waals surface area contributed by atoms with Gasteiger partial charge in [-0.3, -0.25) is 25.0 Å². The van der Waals surface area contributed by atoms with Crippen LogP contribution in [0.15, 0.2) is 42.5 Å². The average Bonchev–Trinajstić information content (AvgIpc) is 2.71. The number of nitro benzene ring substituents is 2. The lowest BCUT2D eigenvalue weighted by Crippen LogP contribution is -2.48. The van der Waals surface area contributed by atoms with Gasteiger partial charge in [0.1, 0.15) is 5.69 Å². The van der Waals surface area contributed by atoms with Gasteiger partial charge in [0.2, 0.25) is 0 Å². The van der Waals surface area contributed by atoms with E-state index in [4.69, 9.17) is 4.74 Å². The van der Waals surface area contributed by atoms with Gasteiger partial charge in [-0.25, -0.2) is 0 Å². The van der Waals surface area contributed by atoms with Gasteiger partial charge < -0.3 is 15.2 Å². The van der Waals surface area contributed by atoms with Gasteiger partial charge in [-0.2, -0.15) is 0 Å². The van der Waals surface area contributed by atoms with Gasteiger partial charge >= 0.3 is 0 Å². The van der Waals surface area contributed by atoms with Crippen molar-refractivity contribution < 1.29 is 24.5 Å². The van der Waals surface area contributed by atoms with E-state index >= 15 is 0 Å². The summed E-state index contributed by atoms with van der Waals surface area (Å²) in [5.74, 6) is 0. The van der Waals surface area contributed by atoms with Crippen molar-refractivity contribution in [1.29, 1.82) is 0 Å². The molecule has 0 saturated heterocycles. The Hall–Kier alpha value is -3.37. The number of aliphatic hydroxyl groups is 1. The molecule has 2 N–H and O–H groups in total. The number of carbonyl (C=O) groups is 1. The highest BCUT2D eigenvalue weighted by Gasteiger charge is 2.47. The predicted octanol–water partition coefficient (Wildman–Crippen LogP) is 2.85. The Kier molecular flexibility index (Phi) is 5.57. The number of ether oxygens (including phenoxy) is 1. The van der Waals surface area contributed by atoms with Crippen LogP contribution in [0.2, 0.25) is 0 Å². The van der Waals surface area contributed by atoms with E-state index in [1.165, 1.54) is 12.1 Å². The first-order valence-electron chi connectivity index (χ1n) is 8.90. The number of aldehydes is 1. The Morgan fingerprint density at radius 1 is 1.24 bits per heavy atom. The van der Waals surface area contributed by atoms with E-state index < -0.39 is 39.0 Å². The molecule has 0 aromatic heterocycles. The lowest BCUT2D eigenvalue weighted by Gasteiger charge is -2.41. The minimum atomic E-state index is -1.84. The zero-order valence-corrected chi connectivity index (χ0v) is 15.5. The van der Waals surface area contributed by atoms with Crippen LogP contribution in [-0.2, 0) is 15.1 Å². The number of nitrogens with zero attached hydrogens (tertiary/aromatic N) is 2. The fourth-order valence-corrected chi connectivity index (χ4v) is 3.63. The summed E-state index contributed by atoms with van der Waals surface area (Å²) in [6.45, 7) is 1.99. The summed E-state index contributed by atoms with van der Waals surface area (Å²) in [6, 6.07) is 9.52. The lowest BCUT2D eigenvalue weighted by molar-refractivity contribution is -0.393. The highest BCUT2D eigenvalue weighted by Crippen LogP contribution is 2.43. The van der Waals surface area contributed by atoms with E-state index in [2.05, 4.69) is 5.32 Å². The molecule has 1 unspecified atom stereocenters. The van der Waals surface area contributed by atoms with E-state index in [1.807, 2.05) is 0 Å². The van der Waals surface area contributed by atoms with Gasteiger partial charge in [-0.05, 0) is 24.1 Å². The zero-order valence-electron chi connectivity index (χ0n) is 15.5. The van der Waals surface area contributed by atoms with Crippen LogP contribution in [0.4, 0.5) is 17.1 Å². The number of nitrogens with one attached hydrogen (secondary N) is 1. The Balaban J connectivity index is 2.05. The number of non-ortho nitro benzene ring substituents is 1. The third-order valence-electron chi connectivity index (χ3n) is 4.97. The summed E-state index contributed by atoms with van der Waals surface area (Å²) in [4.78, 5) is 32.7. The van der Waals surface area contributed by atoms with Crippen molar-refractivity contribution in [1.82, 2.24) is 0 Å². The Labute approximate surface area is 165 Å². The molecule has 0 aliphatic heterocycles. The van der Waals surface area contributed by atoms with Gasteiger partial charge in [-0.15, -0.1) is 0 Å². The van der Waals surface area contributed by atoms with E-state index in [1.54, 1.807) is 31.2 Å². The van der Waals surface area contributed by atoms with Crippen LogP contribution in [0, 0.1) is 20.2 Å². The number of fused-ring (bicyclic) bond motifs is 1. The molecule has 152 valence electrons. The average molecular weight is 401 g/mol. The molecule has 0 heterocycles. The Morgan fingerprint density at radius 3 is 2.59 bits per heavy atom. The second-order valence-electron chi connectivity index (χ2n) is 6.62. The van der Waals surface area contributed by atoms with Crippen molar-refractivity contribution in [2.45, 2.75) is 31.1 Å². The van der Waals surface area contributed by atoms with Gasteiger partial charge in [0.25, 0.3) is 11.4 Å². The normalized spacial score (nSPS) is 23.1. The summed E-state index contributed by atoms with van der Waals surface area (Å²) in [7, 11) is 0. The van der Waals surface area contributed by atoms with E-state index in [0.29, 0.717) is 17.4 Å². The molecule has 29 heavy (non-hydrogen) atoms. The standard InChI is InChI=1S/C19H19N3O7/c1-2-29-18-10-16(13-5-3-4-6-14(13)19(18,24)11-23)20-15-8-7-12(21(25)26)9-17(15)22(27)28/h3-9,11,16,18,20,24H,2,10H2,1H3/t16?,18-,19+/m0/s1. The van der Waals surface area contributed by atoms with Crippen molar-refractivity contribution in [2.75, 3.05) is 11.9 Å². The SMILES string of the molecule is CCO[C@H]1CC(Nc2ccc([N+](=O)[O-])cc2[N+](=O)[O-])c2ccccc2[C@]1(O)C=O. The number of hydrogen-bond donors (Lipinski definition) is 2. The number of benzene rings is 2. The molecule has 0 spiro atoms. The fourth-order valence-electron chi connectivity index (χ4n) is 3.63. The first-order chi connectivity index (χ1) is 13.8. The van der Waals surface area contributed by atoms with Crippen molar-refractivity contribution in [2.24, 2.45) is 0 Å². The number of anilines is 1. The minimum absolute atomic E-state index is 0.0900. The maximum Gasteiger partial charge on any atom is 0.299 e. The first kappa shape index (κ1) is 20.4. The molecule has 3 atom stereocenters. The summed E-state index contributed by atoms with van der Waals surface area (Å²) < 4.78 is 5.60. The quantitative estimate of drug-likeness (QED) is 0.409. The summed E-state index contributed by atoms with van der Waals surface area (Å²) >= 11 is 0. The summed E-state index contributed by atoms with van der Waals surface area (Å²) in [5, 5.41) is 36.4. The van der Waals surface area contributed by atoms with Crippen molar-refractivity contribution in [3.63, 3.8) is 0 Å². The second kappa shape index (κ2) is 7.94. The van der Waals surface area contributed by atoms with Crippen LogP contribution in [0.3, 0.4) is 0 Å². The molecule has 0 amide bonds. The molecule has 10 heteroatoms. The Bertz CT molecular complexity index is 965. The van der Waals surface area contributed by atoms with Crippen LogP contribution in [0.1, 0.15) is 30.5 Å². The van der Waals surface area contributed by atoms with Crippen molar-refractivity contribution in [3.8, 4) is 0 Å². The van der Waals surface area contributed by atoms with Crippen LogP contribution >= 0.6 is 0 Å². The van der Waals surface area contributed by atoms with Crippen LogP contribution in [0.5, 0.6) is 0 Å². The fraction of sp³-hybridized carbons (Fsp3) is 0.316. The molecule has 3 rings (SSSR count). The Morgan fingerprint density at radius 2 is 1.97 bits per heavy atom. The van der Waals surface area contributed by atoms with Gasteiger partial charge in [0, 0.05) is 19.1 Å². The van der Waals surface area contributed by atoms with Gasteiger partial charge in [-0.1, -0.05) is 24.3 Å². The lowest BCUT2D eigenvalue weighted by atomic mass is 9.75. The van der Waals surface area contributed by atoms with Crippen LogP contribution in [-0.4, -0.2) is 34.0 Å². The monoisotopic (exact) mass is 401 g/mol. The van der Waals surface area contributed by atoms with Crippen molar-refractivity contribution >= 4 is 23.3 Å². The molecule has 0 bridgehead atoms. The number of hydrogen-bond acceptors (Lipinski definition) is 8. The van der Waals surface area contributed by atoms with Crippen LogP contribution < -0.4 is 5.32 Å². The third-order valence-corrected chi connectivity index (χ3v) is 4.97. The molecule has 0 radical (unpaired) electrons. The number of rotatable bonds is 7. The number of nitro groups is 2. The maximum atomic E-state index is 11.7. The first-order valence-corrected chi connectivity index (χ1v) is 8.90. The summed E-state index contributed by atoms with van der Waals surface area (Å²) in [6.07, 6.45) is -0.264. The third kappa shape index (κ3) is 3.67. The smallest absolute Gasteiger partial charge is 0.299 e. The number of carbonyl (C=O) groups excluding carboxylic acids is 1. The van der Waals surface area contributed by atoms with Gasteiger partial charge in [0.15, 0.2) is 11.9 Å². The van der Waals surface area contributed by atoms with E-state index in [-0.39, 0.29) is 18.7 Å². The molecule has 0 fully saturated rings. The predicted molar refractivity (Wildman–Crippen MR) is 103 cm³/mol. The molecule has 0 saturated carbocycles. The molecule has 10 nitrogen and oxygen atoms in total. The highest BCUT2D eigenvalue weighted by atomic mass is 16.6. The summed E-state index contributed by atoms with van der Waals surface area (Å²) in [5.41, 5.74) is -1.65. The molecule has 1 aliphatic carbocycles. The molecule has 2 aromatic rings. The van der Waals surface area contributed by atoms with E-state index in [0.717, 1.165) is 6.07 Å². The zero-order chi connectivity index (χ0) is 21.2. The highest BCUT2D eigenvalue weighted by molar-refractivity contribution is 5.71. The minimum Gasteiger partial charge on any atom is -0.375 e. The largest absolute Gasteiger partial charge is 0.375 e.